The van der Waals surface area contributed by atoms with Gasteiger partial charge in [0, 0.05) is 12.0 Å². The number of carbonyl (C=O) groups is 2. The van der Waals surface area contributed by atoms with Gasteiger partial charge in [0.1, 0.15) is 11.7 Å². The van der Waals surface area contributed by atoms with Crippen LogP contribution >= 0.6 is 0 Å². The number of carboxylic acids is 1. The number of hydrogen-bond acceptors (Lipinski definition) is 4. The predicted octanol–water partition coefficient (Wildman–Crippen LogP) is 4.02. The number of ether oxygens (including phenoxy) is 1. The van der Waals surface area contributed by atoms with E-state index in [9.17, 15) is 14.7 Å². The minimum Gasteiger partial charge on any atom is -0.481 e. The molecule has 9 atom stereocenters. The highest BCUT2D eigenvalue weighted by molar-refractivity contribution is 5.90. The zero-order valence-electron chi connectivity index (χ0n) is 19.8. The third-order valence-electron chi connectivity index (χ3n) is 10.2. The summed E-state index contributed by atoms with van der Waals surface area (Å²) < 4.78 is 6.74. The number of allylic oxidation sites excluding steroid dienone is 1. The Morgan fingerprint density at radius 1 is 1.26 bits per heavy atom. The molecular formula is C26H39NO4. The number of carbonyl (C=O) groups excluding carboxylic acids is 1. The average Bonchev–Trinajstić information content (AvgIpc) is 3.42. The summed E-state index contributed by atoms with van der Waals surface area (Å²) in [5.41, 5.74) is -1.36. The summed E-state index contributed by atoms with van der Waals surface area (Å²) in [6, 6.07) is 0. The van der Waals surface area contributed by atoms with Crippen molar-refractivity contribution < 1.29 is 19.4 Å². The highest BCUT2D eigenvalue weighted by Crippen LogP contribution is 2.84. The van der Waals surface area contributed by atoms with Crippen molar-refractivity contribution in [1.82, 2.24) is 4.90 Å². The molecule has 5 nitrogen and oxygen atoms in total. The normalized spacial score (nSPS) is 50.2. The number of hydrogen-bond donors (Lipinski definition) is 1. The van der Waals surface area contributed by atoms with Gasteiger partial charge in [0.05, 0.1) is 17.6 Å². The molecule has 1 aliphatic heterocycles. The van der Waals surface area contributed by atoms with E-state index in [1.165, 1.54) is 0 Å². The standard InChI is InChI=1S/C26H39NO4/c1-15(2)21-10-17-11-24(14-28)20-8-6-16(3)19(20)12-25(17,26(21,24)23(29)30)22-9-7-18(31-22)13-27(4)5/h10,14-20,22H,6-9,11-13H2,1-5H3,(H,29,30)/t16-,17?,18?,19-,20-,22?,24?,25?,26?/m1/s1. The van der Waals surface area contributed by atoms with Crippen molar-refractivity contribution in [2.45, 2.75) is 71.5 Å². The first-order valence-corrected chi connectivity index (χ1v) is 12.4. The van der Waals surface area contributed by atoms with Gasteiger partial charge < -0.3 is 19.5 Å². The maximum atomic E-state index is 13.5. The Kier molecular flexibility index (Phi) is 4.81. The summed E-state index contributed by atoms with van der Waals surface area (Å²) in [4.78, 5) is 28.7. The molecule has 0 aromatic heterocycles. The van der Waals surface area contributed by atoms with Gasteiger partial charge in [-0.05, 0) is 75.8 Å². The summed E-state index contributed by atoms with van der Waals surface area (Å²) in [6.45, 7) is 7.40. The zero-order valence-corrected chi connectivity index (χ0v) is 19.8. The van der Waals surface area contributed by atoms with Crippen LogP contribution in [0.4, 0.5) is 0 Å². The largest absolute Gasteiger partial charge is 0.481 e. The molecule has 1 saturated heterocycles. The number of carboxylic acid groups (broad SMARTS) is 1. The van der Waals surface area contributed by atoms with Crippen LogP contribution in [0.15, 0.2) is 11.6 Å². The summed E-state index contributed by atoms with van der Waals surface area (Å²) in [5, 5.41) is 11.1. The van der Waals surface area contributed by atoms with Crippen LogP contribution in [0.1, 0.15) is 59.3 Å². The Balaban J connectivity index is 1.70. The number of likely N-dealkylation sites (N-methyl/N-ethyl adjacent to an activating group) is 1. The molecule has 0 spiro atoms. The fraction of sp³-hybridized carbons (Fsp3) is 0.846. The molecule has 0 radical (unpaired) electrons. The number of fused-ring (bicyclic) bond motifs is 2. The number of rotatable bonds is 6. The van der Waals surface area contributed by atoms with Gasteiger partial charge in [0.25, 0.3) is 0 Å². The monoisotopic (exact) mass is 429 g/mol. The number of nitrogens with zero attached hydrogens (tertiary/aromatic N) is 1. The first-order chi connectivity index (χ1) is 14.7. The van der Waals surface area contributed by atoms with Crippen molar-refractivity contribution in [3.63, 3.8) is 0 Å². The van der Waals surface area contributed by atoms with Gasteiger partial charge in [0.15, 0.2) is 0 Å². The molecule has 5 rings (SSSR count). The average molecular weight is 430 g/mol. The Bertz CT molecular complexity index is 820. The van der Waals surface area contributed by atoms with Crippen molar-refractivity contribution in [2.24, 2.45) is 45.8 Å². The Labute approximate surface area is 186 Å². The van der Waals surface area contributed by atoms with Crippen molar-refractivity contribution in [3.8, 4) is 0 Å². The fourth-order valence-electron chi connectivity index (χ4n) is 9.48. The van der Waals surface area contributed by atoms with E-state index in [2.05, 4.69) is 45.8 Å². The summed E-state index contributed by atoms with van der Waals surface area (Å²) >= 11 is 0. The number of aliphatic carboxylic acids is 1. The highest BCUT2D eigenvalue weighted by Gasteiger charge is 2.86. The molecule has 4 aliphatic carbocycles. The summed E-state index contributed by atoms with van der Waals surface area (Å²) in [5.74, 6) is 0.655. The molecule has 0 aromatic carbocycles. The van der Waals surface area contributed by atoms with E-state index in [1.54, 1.807) is 0 Å². The summed E-state index contributed by atoms with van der Waals surface area (Å²) in [6.07, 6.45) is 9.04. The second kappa shape index (κ2) is 6.90. The molecule has 5 aliphatic rings. The van der Waals surface area contributed by atoms with Crippen LogP contribution in [-0.2, 0) is 14.3 Å². The number of aldehydes is 1. The van der Waals surface area contributed by atoms with Gasteiger partial charge in [-0.15, -0.1) is 0 Å². The summed E-state index contributed by atoms with van der Waals surface area (Å²) in [7, 11) is 4.13. The van der Waals surface area contributed by atoms with Crippen LogP contribution in [0.3, 0.4) is 0 Å². The molecule has 1 heterocycles. The molecule has 6 unspecified atom stereocenters. The van der Waals surface area contributed by atoms with Gasteiger partial charge in [0.2, 0.25) is 0 Å². The quantitative estimate of drug-likeness (QED) is 0.510. The first kappa shape index (κ1) is 21.6. The van der Waals surface area contributed by atoms with Crippen LogP contribution in [0.2, 0.25) is 0 Å². The second-order valence-corrected chi connectivity index (χ2v) is 12.0. The van der Waals surface area contributed by atoms with Crippen LogP contribution in [0.25, 0.3) is 0 Å². The maximum Gasteiger partial charge on any atom is 0.315 e. The molecule has 172 valence electrons. The maximum absolute atomic E-state index is 13.5. The fourth-order valence-corrected chi connectivity index (χ4v) is 9.48. The van der Waals surface area contributed by atoms with Gasteiger partial charge in [-0.1, -0.05) is 38.8 Å². The van der Waals surface area contributed by atoms with Crippen molar-refractivity contribution >= 4 is 12.3 Å². The lowest BCUT2D eigenvalue weighted by Crippen LogP contribution is -2.65. The SMILES string of the molecule is CC(C)C1=CC2CC3(C=O)[C@@H]4CC[C@@H](C)[C@H]4CC2(C2CCC(CN(C)C)O2)C13C(=O)O. The van der Waals surface area contributed by atoms with Crippen LogP contribution < -0.4 is 0 Å². The van der Waals surface area contributed by atoms with E-state index in [0.717, 1.165) is 50.5 Å². The van der Waals surface area contributed by atoms with Gasteiger partial charge in [-0.2, -0.15) is 0 Å². The van der Waals surface area contributed by atoms with E-state index in [1.807, 2.05) is 0 Å². The third-order valence-corrected chi connectivity index (χ3v) is 10.2. The second-order valence-electron chi connectivity index (χ2n) is 12.0. The van der Waals surface area contributed by atoms with Gasteiger partial charge in [-0.25, -0.2) is 0 Å². The zero-order chi connectivity index (χ0) is 22.3. The predicted molar refractivity (Wildman–Crippen MR) is 118 cm³/mol. The third kappa shape index (κ3) is 2.35. The smallest absolute Gasteiger partial charge is 0.315 e. The van der Waals surface area contributed by atoms with E-state index >= 15 is 0 Å². The molecule has 4 bridgehead atoms. The molecule has 31 heavy (non-hydrogen) atoms. The molecule has 4 fully saturated rings. The highest BCUT2D eigenvalue weighted by atomic mass is 16.5. The van der Waals surface area contributed by atoms with Crippen LogP contribution in [-0.4, -0.2) is 55.1 Å². The van der Waals surface area contributed by atoms with E-state index < -0.39 is 22.2 Å². The van der Waals surface area contributed by atoms with E-state index in [4.69, 9.17) is 4.74 Å². The Morgan fingerprint density at radius 2 is 2.00 bits per heavy atom. The lowest BCUT2D eigenvalue weighted by atomic mass is 9.41. The van der Waals surface area contributed by atoms with Gasteiger partial charge in [-0.3, -0.25) is 4.79 Å². The Hall–Kier alpha value is -1.20. The van der Waals surface area contributed by atoms with Crippen LogP contribution in [0, 0.1) is 45.8 Å². The minimum atomic E-state index is -1.11. The molecular weight excluding hydrogens is 390 g/mol. The lowest BCUT2D eigenvalue weighted by molar-refractivity contribution is -0.197. The molecule has 1 N–H and O–H groups in total. The Morgan fingerprint density at radius 3 is 2.61 bits per heavy atom. The molecule has 0 aromatic rings. The lowest BCUT2D eigenvalue weighted by Gasteiger charge is -2.60. The van der Waals surface area contributed by atoms with Crippen LogP contribution in [0.5, 0.6) is 0 Å². The van der Waals surface area contributed by atoms with E-state index in [-0.39, 0.29) is 30.0 Å². The first-order valence-electron chi connectivity index (χ1n) is 12.4. The van der Waals surface area contributed by atoms with Crippen molar-refractivity contribution in [3.05, 3.63) is 11.6 Å². The van der Waals surface area contributed by atoms with E-state index in [0.29, 0.717) is 18.3 Å². The van der Waals surface area contributed by atoms with Crippen molar-refractivity contribution in [1.29, 1.82) is 0 Å². The molecule has 0 amide bonds. The molecule has 5 heteroatoms. The van der Waals surface area contributed by atoms with Gasteiger partial charge >= 0.3 is 5.97 Å². The minimum absolute atomic E-state index is 0.0818. The topological polar surface area (TPSA) is 66.8 Å². The molecule has 3 saturated carbocycles. The van der Waals surface area contributed by atoms with Crippen molar-refractivity contribution in [2.75, 3.05) is 20.6 Å².